The number of carbonyl (C=O) groups excluding carboxylic acids is 1. The molecule has 8 heteroatoms. The lowest BCUT2D eigenvalue weighted by atomic mass is 10.00. The van der Waals surface area contributed by atoms with Gasteiger partial charge in [-0.3, -0.25) is 14.9 Å². The highest BCUT2D eigenvalue weighted by molar-refractivity contribution is 6.37. The molecule has 0 aliphatic carbocycles. The van der Waals surface area contributed by atoms with Crippen molar-refractivity contribution in [3.63, 3.8) is 0 Å². The molecule has 5 rings (SSSR count). The highest BCUT2D eigenvalue weighted by Gasteiger charge is 2.32. The Balaban J connectivity index is 1.52. The van der Waals surface area contributed by atoms with E-state index in [2.05, 4.69) is 5.10 Å². The molecule has 0 radical (unpaired) electrons. The van der Waals surface area contributed by atoms with Crippen molar-refractivity contribution in [1.82, 2.24) is 0 Å². The lowest BCUT2D eigenvalue weighted by Crippen LogP contribution is -2.21. The van der Waals surface area contributed by atoms with E-state index in [1.165, 1.54) is 29.3 Å². The summed E-state index contributed by atoms with van der Waals surface area (Å²) >= 11 is 6.28. The van der Waals surface area contributed by atoms with E-state index >= 15 is 0 Å². The number of nitrogens with zero attached hydrogens (tertiary/aromatic N) is 3. The van der Waals surface area contributed by atoms with Crippen LogP contribution in [0.3, 0.4) is 0 Å². The Morgan fingerprint density at radius 3 is 2.30 bits per heavy atom. The third-order valence-electron chi connectivity index (χ3n) is 5.79. The number of anilines is 1. The number of para-hydroxylation sites is 1. The van der Waals surface area contributed by atoms with Crippen LogP contribution in [0, 0.1) is 10.1 Å². The van der Waals surface area contributed by atoms with Gasteiger partial charge in [-0.15, -0.1) is 0 Å². The monoisotopic (exact) mass is 509 g/mol. The van der Waals surface area contributed by atoms with Gasteiger partial charge in [-0.1, -0.05) is 78.3 Å². The molecule has 0 unspecified atom stereocenters. The molecule has 1 aliphatic heterocycles. The maximum absolute atomic E-state index is 13.6. The van der Waals surface area contributed by atoms with Crippen LogP contribution in [0.25, 0.3) is 6.08 Å². The number of benzene rings is 4. The number of carbonyl (C=O) groups is 1. The average molecular weight is 510 g/mol. The van der Waals surface area contributed by atoms with Gasteiger partial charge in [0.05, 0.1) is 16.2 Å². The van der Waals surface area contributed by atoms with Gasteiger partial charge in [0.15, 0.2) is 0 Å². The van der Waals surface area contributed by atoms with Crippen LogP contribution in [0.1, 0.15) is 16.7 Å². The van der Waals surface area contributed by atoms with Crippen molar-refractivity contribution in [3.8, 4) is 5.75 Å². The molecule has 37 heavy (non-hydrogen) atoms. The molecule has 1 amide bonds. The number of amides is 1. The lowest BCUT2D eigenvalue weighted by Gasteiger charge is -2.12. The zero-order valence-electron chi connectivity index (χ0n) is 19.5. The molecule has 7 nitrogen and oxygen atoms in total. The average Bonchev–Trinajstić information content (AvgIpc) is 3.25. The Kier molecular flexibility index (Phi) is 6.78. The summed E-state index contributed by atoms with van der Waals surface area (Å²) in [5.74, 6) is 0.234. The SMILES string of the molecule is O=C1/C(=C/c2ccccc2OCc2ccccc2Cl)C(c2ccccc2)=NN1c1ccc([N+](=O)[O-])cc1. The molecule has 0 bridgehead atoms. The van der Waals surface area contributed by atoms with Crippen LogP contribution >= 0.6 is 11.6 Å². The van der Waals surface area contributed by atoms with Crippen molar-refractivity contribution < 1.29 is 14.5 Å². The van der Waals surface area contributed by atoms with Gasteiger partial charge in [0.25, 0.3) is 11.6 Å². The van der Waals surface area contributed by atoms with Crippen molar-refractivity contribution in [1.29, 1.82) is 0 Å². The maximum Gasteiger partial charge on any atom is 0.281 e. The van der Waals surface area contributed by atoms with Crippen molar-refractivity contribution in [2.24, 2.45) is 5.10 Å². The quantitative estimate of drug-likeness (QED) is 0.158. The predicted octanol–water partition coefficient (Wildman–Crippen LogP) is 6.66. The van der Waals surface area contributed by atoms with E-state index in [4.69, 9.17) is 16.3 Å². The first kappa shape index (κ1) is 24.0. The first-order valence-corrected chi connectivity index (χ1v) is 11.8. The minimum atomic E-state index is -0.487. The molecule has 0 fully saturated rings. The van der Waals surface area contributed by atoms with E-state index < -0.39 is 4.92 Å². The van der Waals surface area contributed by atoms with Crippen LogP contribution < -0.4 is 9.75 Å². The fourth-order valence-corrected chi connectivity index (χ4v) is 4.09. The Morgan fingerprint density at radius 2 is 1.57 bits per heavy atom. The van der Waals surface area contributed by atoms with Crippen molar-refractivity contribution in [2.75, 3.05) is 5.01 Å². The minimum Gasteiger partial charge on any atom is -0.488 e. The van der Waals surface area contributed by atoms with E-state index in [-0.39, 0.29) is 18.2 Å². The largest absolute Gasteiger partial charge is 0.488 e. The second-order valence-electron chi connectivity index (χ2n) is 8.18. The topological polar surface area (TPSA) is 85.0 Å². The zero-order chi connectivity index (χ0) is 25.8. The fraction of sp³-hybridized carbons (Fsp3) is 0.0345. The summed E-state index contributed by atoms with van der Waals surface area (Å²) < 4.78 is 6.08. The number of ether oxygens (including phenoxy) is 1. The van der Waals surface area contributed by atoms with E-state index in [1.807, 2.05) is 72.8 Å². The standard InChI is InChI=1S/C29H20ClN3O4/c30-26-12-6-4-11-22(26)19-37-27-13-7-5-10-21(27)18-25-28(20-8-2-1-3-9-20)31-32(29(25)34)23-14-16-24(17-15-23)33(35)36/h1-18H,19H2/b25-18+. The van der Waals surface area contributed by atoms with E-state index in [0.717, 1.165) is 11.1 Å². The summed E-state index contributed by atoms with van der Waals surface area (Å²) in [5, 5.41) is 17.5. The molecule has 182 valence electrons. The summed E-state index contributed by atoms with van der Waals surface area (Å²) in [6, 6.07) is 29.9. The van der Waals surface area contributed by atoms with E-state index in [9.17, 15) is 14.9 Å². The van der Waals surface area contributed by atoms with Crippen molar-refractivity contribution >= 4 is 40.7 Å². The molecular formula is C29H20ClN3O4. The van der Waals surface area contributed by atoms with Crippen LogP contribution in [0.15, 0.2) is 114 Å². The summed E-state index contributed by atoms with van der Waals surface area (Å²) in [6.45, 7) is 0.266. The van der Waals surface area contributed by atoms with Crippen LogP contribution in [0.4, 0.5) is 11.4 Å². The van der Waals surface area contributed by atoms with Crippen molar-refractivity contribution in [2.45, 2.75) is 6.61 Å². The van der Waals surface area contributed by atoms with Crippen LogP contribution in [0.2, 0.25) is 5.02 Å². The Morgan fingerprint density at radius 1 is 0.892 bits per heavy atom. The highest BCUT2D eigenvalue weighted by atomic mass is 35.5. The van der Waals surface area contributed by atoms with Crippen LogP contribution in [-0.2, 0) is 11.4 Å². The Hall–Kier alpha value is -4.75. The van der Waals surface area contributed by atoms with Crippen molar-refractivity contribution in [3.05, 3.63) is 141 Å². The molecule has 4 aromatic rings. The fourth-order valence-electron chi connectivity index (χ4n) is 3.90. The molecule has 0 N–H and O–H groups in total. The van der Waals surface area contributed by atoms with Gasteiger partial charge in [0, 0.05) is 33.8 Å². The molecule has 1 heterocycles. The summed E-state index contributed by atoms with van der Waals surface area (Å²) in [5.41, 5.74) is 3.54. The number of hydrazone groups is 1. The number of nitro benzene ring substituents is 1. The Bertz CT molecular complexity index is 1530. The molecule has 1 aliphatic rings. The van der Waals surface area contributed by atoms with E-state index in [1.54, 1.807) is 12.1 Å². The molecule has 0 saturated heterocycles. The van der Waals surface area contributed by atoms with Crippen LogP contribution in [0.5, 0.6) is 5.75 Å². The third-order valence-corrected chi connectivity index (χ3v) is 6.16. The lowest BCUT2D eigenvalue weighted by molar-refractivity contribution is -0.384. The predicted molar refractivity (Wildman–Crippen MR) is 144 cm³/mol. The van der Waals surface area contributed by atoms with Gasteiger partial charge in [0.1, 0.15) is 18.1 Å². The second kappa shape index (κ2) is 10.5. The molecule has 4 aromatic carbocycles. The molecule has 0 aromatic heterocycles. The zero-order valence-corrected chi connectivity index (χ0v) is 20.2. The van der Waals surface area contributed by atoms with Gasteiger partial charge in [-0.05, 0) is 30.3 Å². The first-order chi connectivity index (χ1) is 18.0. The number of hydrogen-bond donors (Lipinski definition) is 0. The number of nitro groups is 1. The Labute approximate surface area is 218 Å². The van der Waals surface area contributed by atoms with Gasteiger partial charge in [-0.25, -0.2) is 0 Å². The highest BCUT2D eigenvalue weighted by Crippen LogP contribution is 2.31. The smallest absolute Gasteiger partial charge is 0.281 e. The third kappa shape index (κ3) is 5.12. The van der Waals surface area contributed by atoms with Gasteiger partial charge < -0.3 is 4.74 Å². The summed E-state index contributed by atoms with van der Waals surface area (Å²) in [6.07, 6.45) is 1.75. The minimum absolute atomic E-state index is 0.0666. The number of non-ortho nitro benzene ring substituents is 1. The summed E-state index contributed by atoms with van der Waals surface area (Å²) in [4.78, 5) is 24.2. The number of hydrogen-bond acceptors (Lipinski definition) is 5. The van der Waals surface area contributed by atoms with Gasteiger partial charge >= 0.3 is 0 Å². The maximum atomic E-state index is 13.6. The molecule has 0 spiro atoms. The summed E-state index contributed by atoms with van der Waals surface area (Å²) in [7, 11) is 0. The van der Waals surface area contributed by atoms with Gasteiger partial charge in [0.2, 0.25) is 0 Å². The molecule has 0 atom stereocenters. The normalized spacial score (nSPS) is 14.1. The molecular weight excluding hydrogens is 490 g/mol. The van der Waals surface area contributed by atoms with E-state index in [0.29, 0.717) is 33.3 Å². The molecule has 0 saturated carbocycles. The second-order valence-corrected chi connectivity index (χ2v) is 8.59. The van der Waals surface area contributed by atoms with Gasteiger partial charge in [-0.2, -0.15) is 10.1 Å². The number of halogens is 1. The number of rotatable bonds is 7. The first-order valence-electron chi connectivity index (χ1n) is 11.4. The van der Waals surface area contributed by atoms with Crippen LogP contribution in [-0.4, -0.2) is 16.5 Å².